The number of aryl methyl sites for hydroxylation is 1. The maximum Gasteiger partial charge on any atom is 0.253 e. The van der Waals surface area contributed by atoms with Gasteiger partial charge in [0.25, 0.3) is 5.56 Å². The van der Waals surface area contributed by atoms with E-state index < -0.39 is 6.04 Å². The van der Waals surface area contributed by atoms with E-state index in [4.69, 9.17) is 0 Å². The average Bonchev–Trinajstić information content (AvgIpc) is 3.31. The van der Waals surface area contributed by atoms with Gasteiger partial charge >= 0.3 is 0 Å². The second-order valence-corrected chi connectivity index (χ2v) is 10.2. The lowest BCUT2D eigenvalue weighted by Gasteiger charge is -2.40. The van der Waals surface area contributed by atoms with Crippen molar-refractivity contribution in [3.63, 3.8) is 0 Å². The quantitative estimate of drug-likeness (QED) is 0.485. The summed E-state index contributed by atoms with van der Waals surface area (Å²) in [5, 5.41) is 13.6. The van der Waals surface area contributed by atoms with Crippen molar-refractivity contribution in [2.24, 2.45) is 0 Å². The Hall–Kier alpha value is -3.59. The minimum Gasteiger partial charge on any atom is -0.369 e. The topological polar surface area (TPSA) is 82.9 Å². The number of aromatic amines is 1. The minimum atomic E-state index is -0.409. The summed E-state index contributed by atoms with van der Waals surface area (Å²) in [6.07, 6.45) is 0. The van der Waals surface area contributed by atoms with Crippen molar-refractivity contribution in [1.82, 2.24) is 30.1 Å². The Morgan fingerprint density at radius 3 is 2.40 bits per heavy atom. The number of halogens is 1. The van der Waals surface area contributed by atoms with E-state index in [1.807, 2.05) is 50.6 Å². The van der Waals surface area contributed by atoms with Crippen LogP contribution in [-0.2, 0) is 5.54 Å². The molecule has 5 rings (SSSR count). The van der Waals surface area contributed by atoms with E-state index in [2.05, 4.69) is 36.4 Å². The number of hydrogen-bond acceptors (Lipinski definition) is 6. The highest BCUT2D eigenvalue weighted by atomic mass is 19.1. The highest BCUT2D eigenvalue weighted by Gasteiger charge is 2.35. The van der Waals surface area contributed by atoms with Gasteiger partial charge in [-0.1, -0.05) is 11.6 Å². The van der Waals surface area contributed by atoms with Crippen molar-refractivity contribution < 1.29 is 4.39 Å². The summed E-state index contributed by atoms with van der Waals surface area (Å²) in [6, 6.07) is 14.1. The molecule has 182 valence electrons. The third kappa shape index (κ3) is 4.55. The number of fused-ring (bicyclic) bond motifs is 1. The summed E-state index contributed by atoms with van der Waals surface area (Å²) in [7, 11) is 0. The molecule has 0 aliphatic carbocycles. The van der Waals surface area contributed by atoms with Crippen molar-refractivity contribution in [3.8, 4) is 0 Å². The van der Waals surface area contributed by atoms with Crippen molar-refractivity contribution in [1.29, 1.82) is 0 Å². The van der Waals surface area contributed by atoms with Crippen LogP contribution in [0.25, 0.3) is 10.9 Å². The van der Waals surface area contributed by atoms with Gasteiger partial charge in [0.15, 0.2) is 5.82 Å². The maximum absolute atomic E-state index is 13.4. The van der Waals surface area contributed by atoms with Crippen molar-refractivity contribution >= 4 is 16.6 Å². The van der Waals surface area contributed by atoms with Gasteiger partial charge in [-0.05, 0) is 86.0 Å². The molecule has 3 heterocycles. The zero-order valence-corrected chi connectivity index (χ0v) is 20.5. The molecule has 9 heteroatoms. The van der Waals surface area contributed by atoms with E-state index in [1.54, 1.807) is 12.1 Å². The predicted molar refractivity (Wildman–Crippen MR) is 134 cm³/mol. The van der Waals surface area contributed by atoms with Crippen LogP contribution in [0.4, 0.5) is 10.1 Å². The van der Waals surface area contributed by atoms with Crippen LogP contribution in [0.2, 0.25) is 0 Å². The zero-order chi connectivity index (χ0) is 24.7. The second-order valence-electron chi connectivity index (χ2n) is 10.2. The lowest BCUT2D eigenvalue weighted by atomic mass is 10.0. The number of nitrogens with one attached hydrogen (secondary N) is 1. The van der Waals surface area contributed by atoms with E-state index in [-0.39, 0.29) is 16.9 Å². The maximum atomic E-state index is 13.4. The number of pyridine rings is 1. The predicted octanol–water partition coefficient (Wildman–Crippen LogP) is 3.63. The molecule has 0 unspecified atom stereocenters. The number of nitrogens with zero attached hydrogens (tertiary/aromatic N) is 6. The molecule has 0 spiro atoms. The number of benzene rings is 2. The van der Waals surface area contributed by atoms with E-state index >= 15 is 0 Å². The third-order valence-electron chi connectivity index (χ3n) is 6.57. The molecule has 35 heavy (non-hydrogen) atoms. The number of H-pyrrole nitrogens is 1. The Labute approximate surface area is 203 Å². The molecule has 2 aromatic carbocycles. The van der Waals surface area contributed by atoms with Gasteiger partial charge in [0.1, 0.15) is 11.9 Å². The van der Waals surface area contributed by atoms with E-state index in [1.165, 1.54) is 12.1 Å². The second kappa shape index (κ2) is 8.88. The molecule has 1 saturated heterocycles. The molecule has 1 aliphatic heterocycles. The summed E-state index contributed by atoms with van der Waals surface area (Å²) in [6.45, 7) is 11.1. The van der Waals surface area contributed by atoms with Gasteiger partial charge in [0.05, 0.1) is 5.54 Å². The first kappa shape index (κ1) is 23.2. The minimum absolute atomic E-state index is 0.143. The molecule has 1 atom stereocenters. The van der Waals surface area contributed by atoms with E-state index in [0.29, 0.717) is 24.5 Å². The van der Waals surface area contributed by atoms with Crippen LogP contribution in [0.5, 0.6) is 0 Å². The zero-order valence-electron chi connectivity index (χ0n) is 20.5. The van der Waals surface area contributed by atoms with Crippen LogP contribution < -0.4 is 10.5 Å². The molecule has 1 N–H and O–H groups in total. The van der Waals surface area contributed by atoms with Crippen LogP contribution in [0.1, 0.15) is 43.8 Å². The van der Waals surface area contributed by atoms with Crippen molar-refractivity contribution in [2.75, 3.05) is 31.1 Å². The Balaban J connectivity index is 1.55. The van der Waals surface area contributed by atoms with Gasteiger partial charge < -0.3 is 9.88 Å². The van der Waals surface area contributed by atoms with Crippen LogP contribution in [-0.4, -0.2) is 56.3 Å². The summed E-state index contributed by atoms with van der Waals surface area (Å²) < 4.78 is 15.2. The van der Waals surface area contributed by atoms with Crippen LogP contribution in [0, 0.1) is 12.7 Å². The number of rotatable bonds is 4. The van der Waals surface area contributed by atoms with Crippen molar-refractivity contribution in [2.45, 2.75) is 39.3 Å². The van der Waals surface area contributed by atoms with Crippen LogP contribution >= 0.6 is 0 Å². The molecular weight excluding hydrogens is 445 g/mol. The van der Waals surface area contributed by atoms with E-state index in [9.17, 15) is 9.18 Å². The molecule has 4 aromatic rings. The normalized spacial score (nSPS) is 16.1. The Kier molecular flexibility index (Phi) is 5.88. The monoisotopic (exact) mass is 475 g/mol. The standard InChI is InChI=1S/C26H30FN7O/c1-17-5-10-22-18(15-17)16-21(25(35)28-22)23(24-29-30-31-34(24)26(2,3)4)33-13-11-32(12-14-33)20-8-6-19(27)7-9-20/h5-10,15-16,23H,11-14H2,1-4H3,(H,28,35)/t23-/m1/s1. The molecule has 0 saturated carbocycles. The first-order valence-corrected chi connectivity index (χ1v) is 11.9. The average molecular weight is 476 g/mol. The fourth-order valence-electron chi connectivity index (χ4n) is 4.78. The molecule has 1 aliphatic rings. The number of hydrogen-bond donors (Lipinski definition) is 1. The highest BCUT2D eigenvalue weighted by Crippen LogP contribution is 2.31. The van der Waals surface area contributed by atoms with Gasteiger partial charge in [-0.25, -0.2) is 9.07 Å². The summed E-state index contributed by atoms with van der Waals surface area (Å²) in [5.41, 5.74) is 3.04. The van der Waals surface area contributed by atoms with Crippen LogP contribution in [0.3, 0.4) is 0 Å². The first-order valence-electron chi connectivity index (χ1n) is 11.9. The number of anilines is 1. The molecule has 0 amide bonds. The molecular formula is C26H30FN7O. The molecule has 0 radical (unpaired) electrons. The Morgan fingerprint density at radius 1 is 1.00 bits per heavy atom. The van der Waals surface area contributed by atoms with Gasteiger partial charge in [-0.15, -0.1) is 5.10 Å². The van der Waals surface area contributed by atoms with Gasteiger partial charge in [0, 0.05) is 42.9 Å². The number of aromatic nitrogens is 5. The van der Waals surface area contributed by atoms with Gasteiger partial charge in [-0.2, -0.15) is 0 Å². The third-order valence-corrected chi connectivity index (χ3v) is 6.57. The summed E-state index contributed by atoms with van der Waals surface area (Å²) >= 11 is 0. The largest absolute Gasteiger partial charge is 0.369 e. The highest BCUT2D eigenvalue weighted by molar-refractivity contribution is 5.79. The first-order chi connectivity index (χ1) is 16.7. The van der Waals surface area contributed by atoms with Crippen molar-refractivity contribution in [3.05, 3.63) is 81.7 Å². The molecule has 8 nitrogen and oxygen atoms in total. The summed E-state index contributed by atoms with van der Waals surface area (Å²) in [4.78, 5) is 20.9. The lowest BCUT2D eigenvalue weighted by Crippen LogP contribution is -2.49. The Morgan fingerprint density at radius 2 is 1.71 bits per heavy atom. The molecule has 1 fully saturated rings. The fraction of sp³-hybridized carbons (Fsp3) is 0.385. The SMILES string of the molecule is Cc1ccc2[nH]c(=O)c([C@H](c3nnnn3C(C)(C)C)N3CCN(c4ccc(F)cc4)CC3)cc2c1. The van der Waals surface area contributed by atoms with E-state index in [0.717, 1.165) is 35.2 Å². The number of tetrazole rings is 1. The fourth-order valence-corrected chi connectivity index (χ4v) is 4.78. The van der Waals surface area contributed by atoms with Gasteiger partial charge in [0.2, 0.25) is 0 Å². The Bertz CT molecular complexity index is 1400. The molecule has 2 aromatic heterocycles. The number of piperazine rings is 1. The van der Waals surface area contributed by atoms with Crippen LogP contribution in [0.15, 0.2) is 53.3 Å². The van der Waals surface area contributed by atoms with Gasteiger partial charge in [-0.3, -0.25) is 9.69 Å². The summed E-state index contributed by atoms with van der Waals surface area (Å²) in [5.74, 6) is 0.400. The lowest BCUT2D eigenvalue weighted by molar-refractivity contribution is 0.190. The smallest absolute Gasteiger partial charge is 0.253 e. The molecule has 0 bridgehead atoms.